The Kier molecular flexibility index (Phi) is 4.47. The van der Waals surface area contributed by atoms with Crippen molar-refractivity contribution >= 4 is 21.8 Å². The third-order valence-electron chi connectivity index (χ3n) is 4.28. The molecule has 1 amide bonds. The van der Waals surface area contributed by atoms with Crippen LogP contribution in [0.25, 0.3) is 0 Å². The molecule has 0 atom stereocenters. The molecule has 2 saturated heterocycles. The lowest BCUT2D eigenvalue weighted by molar-refractivity contribution is 0.0502. The first-order valence-corrected chi connectivity index (χ1v) is 8.06. The molecule has 1 aromatic rings. The number of nitrogens with one attached hydrogen (secondary N) is 1. The van der Waals surface area contributed by atoms with Crippen molar-refractivity contribution in [2.75, 3.05) is 46.4 Å². The highest BCUT2D eigenvalue weighted by molar-refractivity contribution is 9.10. The Labute approximate surface area is 133 Å². The van der Waals surface area contributed by atoms with Gasteiger partial charge in [0.1, 0.15) is 5.75 Å². The fraction of sp³-hybridized carbons (Fsp3) is 0.533. The number of halogens is 1. The molecule has 0 aliphatic carbocycles. The maximum atomic E-state index is 12.5. The summed E-state index contributed by atoms with van der Waals surface area (Å²) < 4.78 is 6.01. The minimum atomic E-state index is 0.102. The van der Waals surface area contributed by atoms with E-state index in [0.29, 0.717) is 11.6 Å². The molecule has 2 fully saturated rings. The average Bonchev–Trinajstić information content (AvgIpc) is 2.45. The standard InChI is InChI=1S/C15H20BrN3O2/c1-21-14-3-2-11(8-13(14)16)15(20)19-6-4-18(5-7-19)12-9-17-10-12/h2-3,8,12,17H,4-7,9-10H2,1H3. The molecule has 1 aromatic carbocycles. The van der Waals surface area contributed by atoms with Crippen molar-refractivity contribution in [3.8, 4) is 5.75 Å². The number of nitrogens with zero attached hydrogens (tertiary/aromatic N) is 2. The Morgan fingerprint density at radius 1 is 1.29 bits per heavy atom. The predicted molar refractivity (Wildman–Crippen MR) is 84.8 cm³/mol. The molecule has 2 heterocycles. The number of amides is 1. The smallest absolute Gasteiger partial charge is 0.253 e. The summed E-state index contributed by atoms with van der Waals surface area (Å²) in [5.74, 6) is 0.846. The van der Waals surface area contributed by atoms with Crippen LogP contribution in [0.3, 0.4) is 0 Å². The van der Waals surface area contributed by atoms with Crippen LogP contribution < -0.4 is 10.1 Å². The molecule has 6 heteroatoms. The summed E-state index contributed by atoms with van der Waals surface area (Å²) in [7, 11) is 1.62. The molecule has 21 heavy (non-hydrogen) atoms. The van der Waals surface area contributed by atoms with E-state index in [1.54, 1.807) is 7.11 Å². The molecule has 2 aliphatic heterocycles. The number of carbonyl (C=O) groups is 1. The van der Waals surface area contributed by atoms with Gasteiger partial charge >= 0.3 is 0 Å². The van der Waals surface area contributed by atoms with Gasteiger partial charge in [0.15, 0.2) is 0 Å². The molecule has 0 bridgehead atoms. The normalized spacial score (nSPS) is 20.2. The van der Waals surface area contributed by atoms with Crippen LogP contribution in [0.4, 0.5) is 0 Å². The van der Waals surface area contributed by atoms with Gasteiger partial charge in [-0.05, 0) is 34.1 Å². The van der Waals surface area contributed by atoms with Gasteiger partial charge in [-0.15, -0.1) is 0 Å². The van der Waals surface area contributed by atoms with Gasteiger partial charge in [0.25, 0.3) is 5.91 Å². The molecular formula is C15H20BrN3O2. The van der Waals surface area contributed by atoms with Crippen LogP contribution >= 0.6 is 15.9 Å². The maximum Gasteiger partial charge on any atom is 0.253 e. The molecule has 0 unspecified atom stereocenters. The van der Waals surface area contributed by atoms with Crippen molar-refractivity contribution in [2.45, 2.75) is 6.04 Å². The third-order valence-corrected chi connectivity index (χ3v) is 4.90. The molecule has 3 rings (SSSR count). The molecule has 1 N–H and O–H groups in total. The number of methoxy groups -OCH3 is 1. The number of carbonyl (C=O) groups excluding carboxylic acids is 1. The first-order valence-electron chi connectivity index (χ1n) is 7.26. The third kappa shape index (κ3) is 3.07. The lowest BCUT2D eigenvalue weighted by atomic mass is 10.1. The average molecular weight is 354 g/mol. The van der Waals surface area contributed by atoms with Gasteiger partial charge in [0.2, 0.25) is 0 Å². The Morgan fingerprint density at radius 3 is 2.52 bits per heavy atom. The van der Waals surface area contributed by atoms with E-state index in [1.807, 2.05) is 23.1 Å². The summed E-state index contributed by atoms with van der Waals surface area (Å²) in [5, 5.41) is 3.30. The van der Waals surface area contributed by atoms with Crippen LogP contribution in [0.1, 0.15) is 10.4 Å². The molecule has 0 spiro atoms. The highest BCUT2D eigenvalue weighted by atomic mass is 79.9. The van der Waals surface area contributed by atoms with Crippen molar-refractivity contribution < 1.29 is 9.53 Å². The summed E-state index contributed by atoms with van der Waals surface area (Å²) in [4.78, 5) is 17.0. The van der Waals surface area contributed by atoms with Gasteiger partial charge in [0.05, 0.1) is 11.6 Å². The lowest BCUT2D eigenvalue weighted by Gasteiger charge is -2.43. The van der Waals surface area contributed by atoms with Gasteiger partial charge in [-0.1, -0.05) is 0 Å². The number of rotatable bonds is 3. The van der Waals surface area contributed by atoms with Gasteiger partial charge in [-0.25, -0.2) is 0 Å². The SMILES string of the molecule is COc1ccc(C(=O)N2CCN(C3CNC3)CC2)cc1Br. The minimum absolute atomic E-state index is 0.102. The zero-order chi connectivity index (χ0) is 14.8. The van der Waals surface area contributed by atoms with Crippen LogP contribution in [-0.4, -0.2) is 68.1 Å². The van der Waals surface area contributed by atoms with E-state index in [-0.39, 0.29) is 5.91 Å². The molecule has 2 aliphatic rings. The molecule has 114 valence electrons. The molecular weight excluding hydrogens is 334 g/mol. The molecule has 0 aromatic heterocycles. The zero-order valence-corrected chi connectivity index (χ0v) is 13.7. The summed E-state index contributed by atoms with van der Waals surface area (Å²) in [6.45, 7) is 5.71. The lowest BCUT2D eigenvalue weighted by Crippen LogP contribution is -2.62. The summed E-state index contributed by atoms with van der Waals surface area (Å²) >= 11 is 3.43. The van der Waals surface area contributed by atoms with Crippen LogP contribution in [0.5, 0.6) is 5.75 Å². The second kappa shape index (κ2) is 6.34. The maximum absolute atomic E-state index is 12.5. The second-order valence-corrected chi connectivity index (χ2v) is 6.34. The van der Waals surface area contributed by atoms with Crippen LogP contribution in [0.2, 0.25) is 0 Å². The van der Waals surface area contributed by atoms with Gasteiger partial charge in [0, 0.05) is 50.9 Å². The molecule has 0 saturated carbocycles. The van der Waals surface area contributed by atoms with Crippen molar-refractivity contribution in [3.05, 3.63) is 28.2 Å². The van der Waals surface area contributed by atoms with Gasteiger partial charge in [-0.2, -0.15) is 0 Å². The van der Waals surface area contributed by atoms with E-state index in [9.17, 15) is 4.79 Å². The first-order chi connectivity index (χ1) is 10.2. The first kappa shape index (κ1) is 14.8. The predicted octanol–water partition coefficient (Wildman–Crippen LogP) is 1.19. The number of ether oxygens (including phenoxy) is 1. The van der Waals surface area contributed by atoms with E-state index in [1.165, 1.54) is 0 Å². The quantitative estimate of drug-likeness (QED) is 0.886. The van der Waals surface area contributed by atoms with Crippen LogP contribution in [0.15, 0.2) is 22.7 Å². The number of hydrogen-bond acceptors (Lipinski definition) is 4. The van der Waals surface area contributed by atoms with E-state index in [4.69, 9.17) is 4.74 Å². The fourth-order valence-corrected chi connectivity index (χ4v) is 3.34. The second-order valence-electron chi connectivity index (χ2n) is 5.49. The van der Waals surface area contributed by atoms with E-state index in [0.717, 1.165) is 49.5 Å². The number of piperazine rings is 1. The monoisotopic (exact) mass is 353 g/mol. The van der Waals surface area contributed by atoms with Crippen LogP contribution in [-0.2, 0) is 0 Å². The van der Waals surface area contributed by atoms with Gasteiger partial charge in [-0.3, -0.25) is 9.69 Å². The minimum Gasteiger partial charge on any atom is -0.496 e. The summed E-state index contributed by atoms with van der Waals surface area (Å²) in [6, 6.07) is 6.16. The van der Waals surface area contributed by atoms with E-state index in [2.05, 4.69) is 26.1 Å². The molecule has 5 nitrogen and oxygen atoms in total. The summed E-state index contributed by atoms with van der Waals surface area (Å²) in [6.07, 6.45) is 0. The largest absolute Gasteiger partial charge is 0.496 e. The molecule has 0 radical (unpaired) electrons. The van der Waals surface area contributed by atoms with Crippen molar-refractivity contribution in [1.29, 1.82) is 0 Å². The Morgan fingerprint density at radius 2 is 2.00 bits per heavy atom. The van der Waals surface area contributed by atoms with Crippen LogP contribution in [0, 0.1) is 0 Å². The highest BCUT2D eigenvalue weighted by Gasteiger charge is 2.29. The van der Waals surface area contributed by atoms with Crippen molar-refractivity contribution in [1.82, 2.24) is 15.1 Å². The fourth-order valence-electron chi connectivity index (χ4n) is 2.80. The highest BCUT2D eigenvalue weighted by Crippen LogP contribution is 2.26. The van der Waals surface area contributed by atoms with Gasteiger partial charge < -0.3 is 15.0 Å². The summed E-state index contributed by atoms with van der Waals surface area (Å²) in [5.41, 5.74) is 0.710. The van der Waals surface area contributed by atoms with E-state index < -0.39 is 0 Å². The zero-order valence-electron chi connectivity index (χ0n) is 12.1. The number of hydrogen-bond donors (Lipinski definition) is 1. The van der Waals surface area contributed by atoms with E-state index >= 15 is 0 Å². The van der Waals surface area contributed by atoms with Crippen molar-refractivity contribution in [2.24, 2.45) is 0 Å². The number of benzene rings is 1. The Balaban J connectivity index is 1.62. The van der Waals surface area contributed by atoms with Crippen molar-refractivity contribution in [3.63, 3.8) is 0 Å². The Bertz CT molecular complexity index is 526. The Hall–Kier alpha value is -1.11. The topological polar surface area (TPSA) is 44.8 Å².